The Balaban J connectivity index is 2.49. The molecular formula is C14H18O3. The minimum absolute atomic E-state index is 0.170. The second-order valence-corrected chi connectivity index (χ2v) is 4.70. The lowest BCUT2D eigenvalue weighted by Crippen LogP contribution is -2.18. The van der Waals surface area contributed by atoms with Crippen LogP contribution in [0.1, 0.15) is 37.8 Å². The molecule has 1 heterocycles. The molecule has 92 valence electrons. The molecule has 0 saturated heterocycles. The Bertz CT molecular complexity index is 435. The Morgan fingerprint density at radius 3 is 2.65 bits per heavy atom. The Kier molecular flexibility index (Phi) is 3.36. The average molecular weight is 234 g/mol. The van der Waals surface area contributed by atoms with E-state index in [4.69, 9.17) is 9.47 Å². The van der Waals surface area contributed by atoms with Crippen LogP contribution in [-0.4, -0.2) is 19.0 Å². The monoisotopic (exact) mass is 234 g/mol. The largest absolute Gasteiger partial charge is 0.486 e. The van der Waals surface area contributed by atoms with E-state index in [2.05, 4.69) is 13.8 Å². The van der Waals surface area contributed by atoms with Crippen LogP contribution in [-0.2, 0) is 11.2 Å². The molecule has 0 unspecified atom stereocenters. The summed E-state index contributed by atoms with van der Waals surface area (Å²) in [5, 5.41) is 0. The smallest absolute Gasteiger partial charge is 0.165 e. The van der Waals surface area contributed by atoms with Crippen molar-refractivity contribution in [2.24, 2.45) is 0 Å². The zero-order valence-electron chi connectivity index (χ0n) is 10.6. The zero-order valence-corrected chi connectivity index (χ0v) is 10.6. The third kappa shape index (κ3) is 2.43. The number of ketones is 1. The first-order chi connectivity index (χ1) is 8.09. The van der Waals surface area contributed by atoms with Crippen LogP contribution < -0.4 is 9.47 Å². The van der Waals surface area contributed by atoms with Crippen LogP contribution in [0.3, 0.4) is 0 Å². The van der Waals surface area contributed by atoms with Crippen molar-refractivity contribution < 1.29 is 14.3 Å². The van der Waals surface area contributed by atoms with E-state index in [-0.39, 0.29) is 5.78 Å². The van der Waals surface area contributed by atoms with Gasteiger partial charge in [0.2, 0.25) is 0 Å². The van der Waals surface area contributed by atoms with Crippen molar-refractivity contribution in [1.29, 1.82) is 0 Å². The highest BCUT2D eigenvalue weighted by Crippen LogP contribution is 2.40. The summed E-state index contributed by atoms with van der Waals surface area (Å²) < 4.78 is 11.3. The second kappa shape index (κ2) is 4.78. The van der Waals surface area contributed by atoms with Crippen molar-refractivity contribution in [2.75, 3.05) is 13.2 Å². The van der Waals surface area contributed by atoms with Crippen molar-refractivity contribution in [3.63, 3.8) is 0 Å². The van der Waals surface area contributed by atoms with Crippen molar-refractivity contribution >= 4 is 5.78 Å². The third-order valence-electron chi connectivity index (χ3n) is 2.85. The lowest BCUT2D eigenvalue weighted by atomic mass is 9.92. The number of rotatable bonds is 3. The van der Waals surface area contributed by atoms with Crippen LogP contribution in [0, 0.1) is 0 Å². The number of carbonyl (C=O) groups is 1. The molecule has 0 saturated carbocycles. The SMILES string of the molecule is CC(=O)Cc1ccc2c(c1C(C)C)OCCO2. The fourth-order valence-electron chi connectivity index (χ4n) is 2.23. The number of Topliss-reactive ketones (excluding diaryl/α,β-unsaturated/α-hetero) is 1. The number of benzene rings is 1. The number of hydrogen-bond acceptors (Lipinski definition) is 3. The molecule has 0 aromatic heterocycles. The van der Waals surface area contributed by atoms with E-state index in [9.17, 15) is 4.79 Å². The van der Waals surface area contributed by atoms with Crippen LogP contribution in [0.5, 0.6) is 11.5 Å². The molecular weight excluding hydrogens is 216 g/mol. The van der Waals surface area contributed by atoms with E-state index in [0.29, 0.717) is 25.6 Å². The number of carbonyl (C=O) groups excluding carboxylic acids is 1. The normalized spacial score (nSPS) is 13.9. The maximum atomic E-state index is 11.3. The van der Waals surface area contributed by atoms with Crippen molar-refractivity contribution in [1.82, 2.24) is 0 Å². The molecule has 3 nitrogen and oxygen atoms in total. The standard InChI is InChI=1S/C14H18O3/c1-9(2)13-11(8-10(3)15)4-5-12-14(13)17-7-6-16-12/h4-5,9H,6-8H2,1-3H3. The summed E-state index contributed by atoms with van der Waals surface area (Å²) in [6.07, 6.45) is 0.462. The fraction of sp³-hybridized carbons (Fsp3) is 0.500. The number of fused-ring (bicyclic) bond motifs is 1. The minimum atomic E-state index is 0.170. The highest BCUT2D eigenvalue weighted by Gasteiger charge is 2.21. The van der Waals surface area contributed by atoms with Gasteiger partial charge in [-0.1, -0.05) is 19.9 Å². The summed E-state index contributed by atoms with van der Waals surface area (Å²) in [6, 6.07) is 3.88. The highest BCUT2D eigenvalue weighted by molar-refractivity contribution is 5.79. The number of ether oxygens (including phenoxy) is 2. The van der Waals surface area contributed by atoms with Crippen molar-refractivity contribution in [3.05, 3.63) is 23.3 Å². The van der Waals surface area contributed by atoms with E-state index < -0.39 is 0 Å². The Labute approximate surface area is 102 Å². The predicted molar refractivity (Wildman–Crippen MR) is 65.9 cm³/mol. The molecule has 0 spiro atoms. The lowest BCUT2D eigenvalue weighted by molar-refractivity contribution is -0.116. The van der Waals surface area contributed by atoms with E-state index in [0.717, 1.165) is 22.6 Å². The molecule has 0 N–H and O–H groups in total. The topological polar surface area (TPSA) is 35.5 Å². The highest BCUT2D eigenvalue weighted by atomic mass is 16.6. The molecule has 1 aromatic rings. The van der Waals surface area contributed by atoms with Gasteiger partial charge in [-0.2, -0.15) is 0 Å². The van der Waals surface area contributed by atoms with Crippen LogP contribution in [0.2, 0.25) is 0 Å². The molecule has 0 radical (unpaired) electrons. The van der Waals surface area contributed by atoms with Gasteiger partial charge in [0.1, 0.15) is 19.0 Å². The quantitative estimate of drug-likeness (QED) is 0.806. The first-order valence-electron chi connectivity index (χ1n) is 6.00. The molecule has 0 aliphatic carbocycles. The van der Waals surface area contributed by atoms with Gasteiger partial charge in [0.25, 0.3) is 0 Å². The summed E-state index contributed by atoms with van der Waals surface area (Å²) in [5.74, 6) is 2.11. The minimum Gasteiger partial charge on any atom is -0.486 e. The van der Waals surface area contributed by atoms with Gasteiger partial charge in [-0.25, -0.2) is 0 Å². The Hall–Kier alpha value is -1.51. The molecule has 3 heteroatoms. The maximum absolute atomic E-state index is 11.3. The summed E-state index contributed by atoms with van der Waals surface area (Å²) in [5.41, 5.74) is 2.16. The summed E-state index contributed by atoms with van der Waals surface area (Å²) >= 11 is 0. The first-order valence-corrected chi connectivity index (χ1v) is 6.00. The first kappa shape index (κ1) is 12.0. The fourth-order valence-corrected chi connectivity index (χ4v) is 2.23. The molecule has 1 aliphatic heterocycles. The summed E-state index contributed by atoms with van der Waals surface area (Å²) in [6.45, 7) is 7.00. The lowest BCUT2D eigenvalue weighted by Gasteiger charge is -2.24. The summed E-state index contributed by atoms with van der Waals surface area (Å²) in [4.78, 5) is 11.3. The van der Waals surface area contributed by atoms with Gasteiger partial charge in [-0.3, -0.25) is 4.79 Å². The molecule has 0 fully saturated rings. The zero-order chi connectivity index (χ0) is 12.4. The van der Waals surface area contributed by atoms with E-state index in [1.807, 2.05) is 12.1 Å². The molecule has 1 aliphatic rings. The molecule has 0 bridgehead atoms. The predicted octanol–water partition coefficient (Wildman–Crippen LogP) is 2.71. The average Bonchev–Trinajstić information content (AvgIpc) is 2.27. The summed E-state index contributed by atoms with van der Waals surface area (Å²) in [7, 11) is 0. The third-order valence-corrected chi connectivity index (χ3v) is 2.85. The number of hydrogen-bond donors (Lipinski definition) is 0. The van der Waals surface area contributed by atoms with Gasteiger partial charge in [-0.15, -0.1) is 0 Å². The van der Waals surface area contributed by atoms with Gasteiger partial charge in [0.05, 0.1) is 0 Å². The molecule has 0 amide bonds. The molecule has 2 rings (SSSR count). The van der Waals surface area contributed by atoms with Gasteiger partial charge in [-0.05, 0) is 24.5 Å². The van der Waals surface area contributed by atoms with Crippen LogP contribution in [0.25, 0.3) is 0 Å². The Morgan fingerprint density at radius 1 is 1.29 bits per heavy atom. The van der Waals surface area contributed by atoms with E-state index >= 15 is 0 Å². The van der Waals surface area contributed by atoms with Gasteiger partial charge in [0, 0.05) is 12.0 Å². The van der Waals surface area contributed by atoms with E-state index in [1.165, 1.54) is 0 Å². The van der Waals surface area contributed by atoms with Crippen molar-refractivity contribution in [2.45, 2.75) is 33.1 Å². The van der Waals surface area contributed by atoms with Crippen molar-refractivity contribution in [3.8, 4) is 11.5 Å². The van der Waals surface area contributed by atoms with Gasteiger partial charge in [0.15, 0.2) is 11.5 Å². The van der Waals surface area contributed by atoms with Crippen LogP contribution in [0.15, 0.2) is 12.1 Å². The molecule has 1 aromatic carbocycles. The molecule has 17 heavy (non-hydrogen) atoms. The van der Waals surface area contributed by atoms with Gasteiger partial charge < -0.3 is 9.47 Å². The van der Waals surface area contributed by atoms with E-state index in [1.54, 1.807) is 6.92 Å². The molecule has 0 atom stereocenters. The Morgan fingerprint density at radius 2 is 2.00 bits per heavy atom. The van der Waals surface area contributed by atoms with Gasteiger partial charge >= 0.3 is 0 Å². The van der Waals surface area contributed by atoms with Crippen LogP contribution >= 0.6 is 0 Å². The maximum Gasteiger partial charge on any atom is 0.165 e. The van der Waals surface area contributed by atoms with Crippen LogP contribution in [0.4, 0.5) is 0 Å². The second-order valence-electron chi connectivity index (χ2n) is 4.70.